The third-order valence-electron chi connectivity index (χ3n) is 5.24. The van der Waals surface area contributed by atoms with Crippen molar-refractivity contribution < 1.29 is 4.79 Å². The summed E-state index contributed by atoms with van der Waals surface area (Å²) in [6.07, 6.45) is 20.3. The average molecular weight is 365 g/mol. The van der Waals surface area contributed by atoms with Crippen molar-refractivity contribution in [2.75, 3.05) is 0 Å². The molecule has 0 bridgehead atoms. The monoisotopic (exact) mass is 364 g/mol. The number of hydrogen-bond donors (Lipinski definition) is 0. The van der Waals surface area contributed by atoms with Crippen molar-refractivity contribution in [3.8, 4) is 0 Å². The summed E-state index contributed by atoms with van der Waals surface area (Å²) in [5, 5.41) is 0. The van der Waals surface area contributed by atoms with E-state index in [4.69, 9.17) is 0 Å². The van der Waals surface area contributed by atoms with E-state index in [0.717, 1.165) is 18.4 Å². The Bertz CT molecular complexity index is 815. The first-order chi connectivity index (χ1) is 12.7. The largest absolute Gasteiger partial charge is 0.330 e. The lowest BCUT2D eigenvalue weighted by molar-refractivity contribution is -0.112. The topological polar surface area (TPSA) is 34.9 Å². The molecule has 1 aliphatic carbocycles. The van der Waals surface area contributed by atoms with Crippen LogP contribution in [0.4, 0.5) is 0 Å². The Morgan fingerprint density at radius 3 is 2.59 bits per heavy atom. The van der Waals surface area contributed by atoms with Crippen LogP contribution in [0.15, 0.2) is 77.5 Å². The van der Waals surface area contributed by atoms with Crippen molar-refractivity contribution >= 4 is 5.78 Å². The van der Waals surface area contributed by atoms with Crippen LogP contribution in [0.3, 0.4) is 0 Å². The van der Waals surface area contributed by atoms with Gasteiger partial charge >= 0.3 is 0 Å². The molecule has 1 unspecified atom stereocenters. The average Bonchev–Trinajstić information content (AvgIpc) is 3.07. The maximum absolute atomic E-state index is 11.1. The zero-order valence-corrected chi connectivity index (χ0v) is 17.5. The number of imidazole rings is 1. The second-order valence-corrected chi connectivity index (χ2v) is 8.15. The Hall–Kier alpha value is -2.42. The predicted octanol–water partition coefficient (Wildman–Crippen LogP) is 6.15. The van der Waals surface area contributed by atoms with Gasteiger partial charge in [0.15, 0.2) is 5.78 Å². The molecule has 0 fully saturated rings. The van der Waals surface area contributed by atoms with E-state index in [2.05, 4.69) is 61.7 Å². The summed E-state index contributed by atoms with van der Waals surface area (Å²) >= 11 is 0. The number of carbonyl (C=O) groups is 1. The lowest BCUT2D eigenvalue weighted by Crippen LogP contribution is -2.25. The van der Waals surface area contributed by atoms with Crippen molar-refractivity contribution in [3.63, 3.8) is 0 Å². The molecule has 144 valence electrons. The van der Waals surface area contributed by atoms with Gasteiger partial charge in [0.25, 0.3) is 0 Å². The summed E-state index contributed by atoms with van der Waals surface area (Å²) in [4.78, 5) is 15.3. The number of nitrogens with zero attached hydrogens (tertiary/aromatic N) is 2. The van der Waals surface area contributed by atoms with Gasteiger partial charge in [-0.3, -0.25) is 4.79 Å². The van der Waals surface area contributed by atoms with Crippen LogP contribution in [0.2, 0.25) is 0 Å². The Kier molecular flexibility index (Phi) is 6.95. The fourth-order valence-electron chi connectivity index (χ4n) is 3.74. The first-order valence-electron chi connectivity index (χ1n) is 9.61. The van der Waals surface area contributed by atoms with Crippen LogP contribution in [-0.4, -0.2) is 15.3 Å². The number of hydrogen-bond acceptors (Lipinski definition) is 2. The number of allylic oxidation sites excluding steroid dienone is 10. The van der Waals surface area contributed by atoms with Crippen LogP contribution in [-0.2, 0) is 4.79 Å². The molecule has 0 amide bonds. The highest BCUT2D eigenvalue weighted by Crippen LogP contribution is 2.45. The molecule has 0 aliphatic heterocycles. The molecule has 1 heterocycles. The quantitative estimate of drug-likeness (QED) is 0.448. The normalized spacial score (nSPS) is 21.5. The lowest BCUT2D eigenvalue weighted by atomic mass is 9.71. The summed E-state index contributed by atoms with van der Waals surface area (Å²) in [7, 11) is 0. The predicted molar refractivity (Wildman–Crippen MR) is 113 cm³/mol. The van der Waals surface area contributed by atoms with Gasteiger partial charge in [0.05, 0.1) is 12.4 Å². The number of rotatable bonds is 6. The molecule has 0 aromatic carbocycles. The molecule has 0 radical (unpaired) electrons. The van der Waals surface area contributed by atoms with Crippen LogP contribution >= 0.6 is 0 Å². The number of ketones is 1. The minimum absolute atomic E-state index is 0.0761. The van der Waals surface area contributed by atoms with Gasteiger partial charge in [0.1, 0.15) is 0 Å². The molecule has 1 atom stereocenters. The molecule has 1 aromatic rings. The third kappa shape index (κ3) is 5.78. The van der Waals surface area contributed by atoms with Gasteiger partial charge in [-0.05, 0) is 68.7 Å². The van der Waals surface area contributed by atoms with Crippen LogP contribution < -0.4 is 0 Å². The van der Waals surface area contributed by atoms with Crippen LogP contribution in [0, 0.1) is 5.41 Å². The smallest absolute Gasteiger partial charge is 0.152 e. The van der Waals surface area contributed by atoms with Gasteiger partial charge in [-0.25, -0.2) is 4.98 Å². The van der Waals surface area contributed by atoms with Gasteiger partial charge in [0, 0.05) is 12.4 Å². The van der Waals surface area contributed by atoms with E-state index in [0.29, 0.717) is 6.04 Å². The first kappa shape index (κ1) is 20.9. The number of aromatic nitrogens is 2. The fourth-order valence-corrected chi connectivity index (χ4v) is 3.74. The highest BCUT2D eigenvalue weighted by molar-refractivity contribution is 5.88. The second kappa shape index (κ2) is 8.98. The van der Waals surface area contributed by atoms with Crippen molar-refractivity contribution in [2.45, 2.75) is 60.4 Å². The van der Waals surface area contributed by atoms with E-state index in [1.807, 2.05) is 31.6 Å². The zero-order chi connectivity index (χ0) is 20.0. The molecule has 3 heteroatoms. The highest BCUT2D eigenvalue weighted by Gasteiger charge is 2.32. The van der Waals surface area contributed by atoms with Crippen LogP contribution in [0.25, 0.3) is 0 Å². The molecule has 27 heavy (non-hydrogen) atoms. The van der Waals surface area contributed by atoms with Crippen LogP contribution in [0.1, 0.15) is 60.4 Å². The summed E-state index contributed by atoms with van der Waals surface area (Å²) < 4.78 is 2.22. The third-order valence-corrected chi connectivity index (χ3v) is 5.24. The molecular weight excluding hydrogens is 332 g/mol. The van der Waals surface area contributed by atoms with Gasteiger partial charge < -0.3 is 4.57 Å². The summed E-state index contributed by atoms with van der Waals surface area (Å²) in [5.41, 5.74) is 5.16. The van der Waals surface area contributed by atoms with Crippen molar-refractivity contribution in [1.82, 2.24) is 9.55 Å². The molecule has 1 aromatic heterocycles. The SMILES string of the molecule is CC(=O)C=C(C)C=CC=C(C)C=CC1=C(C)C(n2ccnc2)CCC1(C)C. The molecule has 0 saturated heterocycles. The molecule has 0 N–H and O–H groups in total. The summed E-state index contributed by atoms with van der Waals surface area (Å²) in [6.45, 7) is 12.5. The molecule has 1 aliphatic rings. The Morgan fingerprint density at radius 2 is 1.96 bits per heavy atom. The van der Waals surface area contributed by atoms with E-state index >= 15 is 0 Å². The van der Waals surface area contributed by atoms with E-state index in [1.54, 1.807) is 13.0 Å². The van der Waals surface area contributed by atoms with Gasteiger partial charge in [0.2, 0.25) is 0 Å². The molecule has 3 nitrogen and oxygen atoms in total. The Balaban J connectivity index is 2.21. The van der Waals surface area contributed by atoms with E-state index in [1.165, 1.54) is 16.7 Å². The van der Waals surface area contributed by atoms with Gasteiger partial charge in [-0.15, -0.1) is 0 Å². The maximum atomic E-state index is 11.1. The van der Waals surface area contributed by atoms with Crippen LogP contribution in [0.5, 0.6) is 0 Å². The second-order valence-electron chi connectivity index (χ2n) is 8.15. The number of carbonyl (C=O) groups excluding carboxylic acids is 1. The maximum Gasteiger partial charge on any atom is 0.152 e. The molecule has 0 spiro atoms. The molecule has 2 rings (SSSR count). The van der Waals surface area contributed by atoms with Crippen molar-refractivity contribution in [2.24, 2.45) is 5.41 Å². The zero-order valence-electron chi connectivity index (χ0n) is 17.5. The first-order valence-corrected chi connectivity index (χ1v) is 9.61. The Morgan fingerprint density at radius 1 is 1.22 bits per heavy atom. The molecular formula is C24H32N2O. The lowest BCUT2D eigenvalue weighted by Gasteiger charge is -2.37. The molecule has 0 saturated carbocycles. The van der Waals surface area contributed by atoms with Gasteiger partial charge in [-0.1, -0.05) is 49.8 Å². The minimum Gasteiger partial charge on any atom is -0.330 e. The highest BCUT2D eigenvalue weighted by atomic mass is 16.1. The standard InChI is InChI=1S/C24H32N2O/c1-18(8-7-9-19(2)16-20(3)27)10-11-22-21(4)23(12-13-24(22,5)6)26-15-14-25-17-26/h7-11,14-17,23H,12-13H2,1-6H3. The minimum atomic E-state index is 0.0761. The van der Waals surface area contributed by atoms with Crippen molar-refractivity contribution in [1.29, 1.82) is 0 Å². The Labute approximate surface area is 163 Å². The van der Waals surface area contributed by atoms with Crippen molar-refractivity contribution in [3.05, 3.63) is 77.5 Å². The van der Waals surface area contributed by atoms with E-state index in [-0.39, 0.29) is 11.2 Å². The summed E-state index contributed by atoms with van der Waals surface area (Å²) in [6, 6.07) is 0.392. The van der Waals surface area contributed by atoms with E-state index < -0.39 is 0 Å². The van der Waals surface area contributed by atoms with Gasteiger partial charge in [-0.2, -0.15) is 0 Å². The summed E-state index contributed by atoms with van der Waals surface area (Å²) in [5.74, 6) is 0.0761. The fraction of sp³-hybridized carbons (Fsp3) is 0.417. The van der Waals surface area contributed by atoms with E-state index in [9.17, 15) is 4.79 Å².